The third-order valence-corrected chi connectivity index (χ3v) is 5.69. The van der Waals surface area contributed by atoms with Crippen molar-refractivity contribution in [1.29, 1.82) is 0 Å². The highest BCUT2D eigenvalue weighted by Crippen LogP contribution is 2.23. The van der Waals surface area contributed by atoms with E-state index in [0.717, 1.165) is 0 Å². The first-order valence-electron chi connectivity index (χ1n) is 9.13. The van der Waals surface area contributed by atoms with Crippen LogP contribution in [-0.2, 0) is 16.6 Å². The van der Waals surface area contributed by atoms with E-state index in [4.69, 9.17) is 9.47 Å². The summed E-state index contributed by atoms with van der Waals surface area (Å²) in [6.07, 6.45) is 2.95. The zero-order chi connectivity index (χ0) is 21.7. The number of nitrogens with zero attached hydrogens (tertiary/aromatic N) is 5. The fraction of sp³-hybridized carbons (Fsp3) is 0.100. The molecule has 2 aromatic carbocycles. The number of pyridine rings is 1. The summed E-state index contributed by atoms with van der Waals surface area (Å²) in [6, 6.07) is 16.8. The van der Waals surface area contributed by atoms with Gasteiger partial charge in [0.1, 0.15) is 17.8 Å². The minimum absolute atomic E-state index is 0.0684. The van der Waals surface area contributed by atoms with Crippen molar-refractivity contribution in [3.63, 3.8) is 0 Å². The van der Waals surface area contributed by atoms with Crippen LogP contribution in [0.2, 0.25) is 0 Å². The van der Waals surface area contributed by atoms with Crippen LogP contribution in [0.5, 0.6) is 17.4 Å². The third-order valence-electron chi connectivity index (χ3n) is 4.29. The van der Waals surface area contributed by atoms with E-state index in [2.05, 4.69) is 25.2 Å². The van der Waals surface area contributed by atoms with Gasteiger partial charge in [-0.3, -0.25) is 0 Å². The molecule has 4 aromatic rings. The smallest absolute Gasteiger partial charge is 0.240 e. The maximum atomic E-state index is 12.7. The molecule has 0 aliphatic heterocycles. The van der Waals surface area contributed by atoms with Gasteiger partial charge in [-0.2, -0.15) is 0 Å². The number of tetrazole rings is 1. The Morgan fingerprint density at radius 1 is 1.03 bits per heavy atom. The summed E-state index contributed by atoms with van der Waals surface area (Å²) in [6.45, 7) is 0.0684. The van der Waals surface area contributed by atoms with Crippen molar-refractivity contribution in [2.75, 3.05) is 7.11 Å². The topological polar surface area (TPSA) is 121 Å². The van der Waals surface area contributed by atoms with Crippen molar-refractivity contribution >= 4 is 10.0 Å². The van der Waals surface area contributed by atoms with E-state index in [-0.39, 0.29) is 11.4 Å². The van der Waals surface area contributed by atoms with Gasteiger partial charge in [0.05, 0.1) is 17.7 Å². The second kappa shape index (κ2) is 8.90. The van der Waals surface area contributed by atoms with Crippen LogP contribution in [0.3, 0.4) is 0 Å². The lowest BCUT2D eigenvalue weighted by Crippen LogP contribution is -2.23. The summed E-state index contributed by atoms with van der Waals surface area (Å²) in [5.74, 6) is 1.65. The summed E-state index contributed by atoms with van der Waals surface area (Å²) in [7, 11) is -2.17. The van der Waals surface area contributed by atoms with Crippen LogP contribution in [0.15, 0.2) is 78.1 Å². The quantitative estimate of drug-likeness (QED) is 0.445. The third kappa shape index (κ3) is 5.02. The molecule has 0 atom stereocenters. The highest BCUT2D eigenvalue weighted by molar-refractivity contribution is 7.89. The molecule has 2 aromatic heterocycles. The first-order valence-corrected chi connectivity index (χ1v) is 10.6. The van der Waals surface area contributed by atoms with Gasteiger partial charge in [0, 0.05) is 18.8 Å². The summed E-state index contributed by atoms with van der Waals surface area (Å²) < 4.78 is 40.3. The molecule has 1 N–H and O–H groups in total. The molecule has 31 heavy (non-hydrogen) atoms. The Morgan fingerprint density at radius 2 is 1.84 bits per heavy atom. The molecule has 0 bridgehead atoms. The van der Waals surface area contributed by atoms with Crippen LogP contribution in [0.4, 0.5) is 0 Å². The van der Waals surface area contributed by atoms with Gasteiger partial charge in [-0.05, 0) is 64.5 Å². The highest BCUT2D eigenvalue weighted by atomic mass is 32.2. The Balaban J connectivity index is 1.45. The molecule has 0 spiro atoms. The van der Waals surface area contributed by atoms with Crippen molar-refractivity contribution in [1.82, 2.24) is 29.9 Å². The summed E-state index contributed by atoms with van der Waals surface area (Å²) in [4.78, 5) is 4.27. The molecule has 10 nitrogen and oxygen atoms in total. The number of aromatic nitrogens is 5. The minimum atomic E-state index is -3.76. The number of benzene rings is 2. The number of ether oxygens (including phenoxy) is 2. The maximum Gasteiger partial charge on any atom is 0.240 e. The van der Waals surface area contributed by atoms with Gasteiger partial charge in [-0.25, -0.2) is 22.8 Å². The average molecular weight is 438 g/mol. The van der Waals surface area contributed by atoms with Crippen LogP contribution in [0.1, 0.15) is 5.56 Å². The normalized spacial score (nSPS) is 11.3. The molecule has 158 valence electrons. The summed E-state index contributed by atoms with van der Waals surface area (Å²) in [5.41, 5.74) is 1.23. The van der Waals surface area contributed by atoms with E-state index in [1.54, 1.807) is 61.8 Å². The number of rotatable bonds is 8. The average Bonchev–Trinajstić information content (AvgIpc) is 3.34. The summed E-state index contributed by atoms with van der Waals surface area (Å²) >= 11 is 0. The fourth-order valence-electron chi connectivity index (χ4n) is 2.72. The Labute approximate surface area is 178 Å². The van der Waals surface area contributed by atoms with Crippen LogP contribution in [-0.4, -0.2) is 40.7 Å². The SMILES string of the molecule is COc1ccc(Oc2cc(CNS(=O)(=O)c3cccc(-n4cnnn4)c3)ccn2)cc1. The monoisotopic (exact) mass is 438 g/mol. The van der Waals surface area contributed by atoms with Crippen molar-refractivity contribution in [2.45, 2.75) is 11.4 Å². The molecule has 11 heteroatoms. The lowest BCUT2D eigenvalue weighted by Gasteiger charge is -2.10. The van der Waals surface area contributed by atoms with Gasteiger partial charge in [-0.1, -0.05) is 6.07 Å². The van der Waals surface area contributed by atoms with E-state index in [1.165, 1.54) is 23.1 Å². The molecule has 0 aliphatic rings. The number of sulfonamides is 1. The molecule has 4 rings (SSSR count). The maximum absolute atomic E-state index is 12.7. The predicted octanol–water partition coefficient (Wildman–Crippen LogP) is 2.34. The lowest BCUT2D eigenvalue weighted by molar-refractivity contribution is 0.412. The second-order valence-corrected chi connectivity index (χ2v) is 8.12. The van der Waals surface area contributed by atoms with Crippen LogP contribution < -0.4 is 14.2 Å². The zero-order valence-electron chi connectivity index (χ0n) is 16.4. The summed E-state index contributed by atoms with van der Waals surface area (Å²) in [5, 5.41) is 10.9. The Hall–Kier alpha value is -3.83. The predicted molar refractivity (Wildman–Crippen MR) is 110 cm³/mol. The molecule has 0 aliphatic carbocycles. The number of hydrogen-bond acceptors (Lipinski definition) is 8. The Morgan fingerprint density at radius 3 is 2.58 bits per heavy atom. The highest BCUT2D eigenvalue weighted by Gasteiger charge is 2.15. The minimum Gasteiger partial charge on any atom is -0.497 e. The zero-order valence-corrected chi connectivity index (χ0v) is 17.2. The molecule has 0 fully saturated rings. The van der Waals surface area contributed by atoms with Crippen LogP contribution >= 0.6 is 0 Å². The molecule has 0 saturated carbocycles. The molecule has 2 heterocycles. The number of methoxy groups -OCH3 is 1. The van der Waals surface area contributed by atoms with E-state index in [0.29, 0.717) is 28.6 Å². The van der Waals surface area contributed by atoms with E-state index >= 15 is 0 Å². The largest absolute Gasteiger partial charge is 0.497 e. The second-order valence-electron chi connectivity index (χ2n) is 6.36. The van der Waals surface area contributed by atoms with Crippen molar-refractivity contribution < 1.29 is 17.9 Å². The van der Waals surface area contributed by atoms with Gasteiger partial charge in [0.2, 0.25) is 15.9 Å². The first kappa shape index (κ1) is 20.4. The lowest BCUT2D eigenvalue weighted by atomic mass is 10.3. The van der Waals surface area contributed by atoms with E-state index in [9.17, 15) is 8.42 Å². The Kier molecular flexibility index (Phi) is 5.87. The van der Waals surface area contributed by atoms with E-state index < -0.39 is 10.0 Å². The molecule has 0 saturated heterocycles. The molecule has 0 unspecified atom stereocenters. The van der Waals surface area contributed by atoms with Gasteiger partial charge >= 0.3 is 0 Å². The molecule has 0 radical (unpaired) electrons. The Bertz CT molecular complexity index is 1260. The first-order chi connectivity index (χ1) is 15.0. The molecular weight excluding hydrogens is 420 g/mol. The van der Waals surface area contributed by atoms with Crippen molar-refractivity contribution in [3.8, 4) is 23.1 Å². The number of nitrogens with one attached hydrogen (secondary N) is 1. The molecular formula is C20H18N6O4S. The van der Waals surface area contributed by atoms with E-state index in [1.807, 2.05) is 0 Å². The van der Waals surface area contributed by atoms with Crippen molar-refractivity contribution in [3.05, 3.63) is 78.8 Å². The van der Waals surface area contributed by atoms with Gasteiger partial charge in [0.25, 0.3) is 0 Å². The van der Waals surface area contributed by atoms with Gasteiger partial charge < -0.3 is 9.47 Å². The van der Waals surface area contributed by atoms with Crippen LogP contribution in [0, 0.1) is 0 Å². The molecule has 0 amide bonds. The van der Waals surface area contributed by atoms with Crippen molar-refractivity contribution in [2.24, 2.45) is 0 Å². The number of hydrogen-bond donors (Lipinski definition) is 1. The standard InChI is InChI=1S/C20H18N6O4S/c1-29-17-5-7-18(8-6-17)30-20-11-15(9-10-21-20)13-23-31(27,28)19-4-2-3-16(12-19)26-14-22-24-25-26/h2-12,14,23H,13H2,1H3. The van der Waals surface area contributed by atoms with Crippen LogP contribution in [0.25, 0.3) is 5.69 Å². The fourth-order valence-corrected chi connectivity index (χ4v) is 3.77. The van der Waals surface area contributed by atoms with Gasteiger partial charge in [0.15, 0.2) is 0 Å². The van der Waals surface area contributed by atoms with Gasteiger partial charge in [-0.15, -0.1) is 5.10 Å².